The molecule has 10 N–H and O–H groups in total. The zero-order valence-electron chi connectivity index (χ0n) is 12.1. The van der Waals surface area contributed by atoms with E-state index in [0.717, 1.165) is 0 Å². The molecule has 0 amide bonds. The van der Waals surface area contributed by atoms with E-state index in [9.17, 15) is 0 Å². The Hall–Kier alpha value is -4.35. The van der Waals surface area contributed by atoms with Gasteiger partial charge in [-0.1, -0.05) is 0 Å². The third-order valence-electron chi connectivity index (χ3n) is 2.27. The smallest absolute Gasteiger partial charge is 0.269 e. The molecule has 0 atom stereocenters. The molecular formula is C7H10N18. The van der Waals surface area contributed by atoms with Crippen LogP contribution in [0, 0.1) is 5.41 Å². The zero-order chi connectivity index (χ0) is 17.6. The number of anilines is 5. The quantitative estimate of drug-likeness (QED) is 0.0809. The summed E-state index contributed by atoms with van der Waals surface area (Å²) in [6.45, 7) is 0. The average Bonchev–Trinajstić information content (AvgIpc) is 3.24. The fraction of sp³-hybridized carbons (Fsp3) is 0. The van der Waals surface area contributed by atoms with Gasteiger partial charge in [-0.3, -0.25) is 21.5 Å². The normalized spacial score (nSPS) is 10.8. The molecule has 0 saturated carbocycles. The minimum absolute atomic E-state index is 0.0268. The second kappa shape index (κ2) is 6.82. The van der Waals surface area contributed by atoms with Crippen molar-refractivity contribution in [1.82, 2.24) is 50.8 Å². The lowest BCUT2D eigenvalue weighted by molar-refractivity contribution is 0.869. The number of hydrogen-bond acceptors (Lipinski definition) is 14. The summed E-state index contributed by atoms with van der Waals surface area (Å²) in [6.07, 6.45) is 0. The number of nitrogens with zero attached hydrogens (tertiary/aromatic N) is 10. The van der Waals surface area contributed by atoms with Crippen molar-refractivity contribution in [2.45, 2.75) is 0 Å². The number of hydrazine groups is 1. The number of nitrogen functional groups attached to an aromatic ring is 1. The topological polar surface area (TPSA) is 271 Å². The van der Waals surface area contributed by atoms with Crippen molar-refractivity contribution in [1.29, 1.82) is 5.41 Å². The first-order chi connectivity index (χ1) is 12.1. The van der Waals surface area contributed by atoms with Crippen molar-refractivity contribution >= 4 is 41.6 Å². The van der Waals surface area contributed by atoms with Gasteiger partial charge in [0.15, 0.2) is 0 Å². The molecule has 128 valence electrons. The van der Waals surface area contributed by atoms with Gasteiger partial charge in [-0.2, -0.15) is 9.97 Å². The second-order valence-corrected chi connectivity index (χ2v) is 4.02. The standard InChI is InChI=1S/C7H10N18/c8-1(9)16-20-5-13-3(18-21-5)14-7-24-22-6(23-25-7)12-2-11-4(15-10)19-17-2/h10H2,(H3,8,9)(H2,13,14,18,21,24,25)(H3,11,12,15,17,19,22,23). The van der Waals surface area contributed by atoms with Crippen LogP contribution in [0.3, 0.4) is 0 Å². The van der Waals surface area contributed by atoms with Gasteiger partial charge in [-0.25, -0.2) is 16.0 Å². The van der Waals surface area contributed by atoms with Crippen LogP contribution < -0.4 is 27.6 Å². The molecule has 3 rings (SSSR count). The molecular weight excluding hydrogens is 336 g/mol. The molecule has 0 aliphatic carbocycles. The summed E-state index contributed by atoms with van der Waals surface area (Å²) < 4.78 is 0. The van der Waals surface area contributed by atoms with E-state index in [-0.39, 0.29) is 35.7 Å². The van der Waals surface area contributed by atoms with E-state index in [2.05, 4.69) is 77.0 Å². The van der Waals surface area contributed by atoms with Gasteiger partial charge in [0.05, 0.1) is 0 Å². The van der Waals surface area contributed by atoms with Crippen molar-refractivity contribution in [3.8, 4) is 0 Å². The number of H-pyrrole nitrogens is 2. The largest absolute Gasteiger partial charge is 0.367 e. The lowest BCUT2D eigenvalue weighted by atomic mass is 10.8. The van der Waals surface area contributed by atoms with Crippen LogP contribution in [-0.2, 0) is 0 Å². The summed E-state index contributed by atoms with van der Waals surface area (Å²) >= 11 is 0. The SMILES string of the molecule is N=C(N)N=Nc1nc(Nc2nnc(Nc3n[nH]c(NN)n3)nn2)n[nH]1. The number of aromatic nitrogens is 10. The number of hydrogen-bond donors (Lipinski definition) is 8. The van der Waals surface area contributed by atoms with Crippen molar-refractivity contribution in [2.24, 2.45) is 21.8 Å². The number of nitrogens with one attached hydrogen (secondary N) is 6. The molecule has 0 unspecified atom stereocenters. The van der Waals surface area contributed by atoms with Crippen molar-refractivity contribution in [3.05, 3.63) is 0 Å². The van der Waals surface area contributed by atoms with E-state index >= 15 is 0 Å². The van der Waals surface area contributed by atoms with Gasteiger partial charge >= 0.3 is 0 Å². The molecule has 0 spiro atoms. The van der Waals surface area contributed by atoms with Crippen LogP contribution in [0.25, 0.3) is 0 Å². The Morgan fingerprint density at radius 2 is 1.52 bits per heavy atom. The van der Waals surface area contributed by atoms with Gasteiger partial charge in [-0.15, -0.1) is 40.8 Å². The first-order valence-corrected chi connectivity index (χ1v) is 6.31. The van der Waals surface area contributed by atoms with Crippen LogP contribution in [0.4, 0.5) is 35.7 Å². The molecule has 0 bridgehead atoms. The fourth-order valence-electron chi connectivity index (χ4n) is 1.37. The minimum atomic E-state index is -0.466. The lowest BCUT2D eigenvalue weighted by Gasteiger charge is -1.99. The summed E-state index contributed by atoms with van der Waals surface area (Å²) in [5.74, 6) is 5.33. The van der Waals surface area contributed by atoms with Gasteiger partial charge in [-0.05, 0) is 0 Å². The van der Waals surface area contributed by atoms with Gasteiger partial charge < -0.3 is 5.73 Å². The second-order valence-electron chi connectivity index (χ2n) is 4.02. The highest BCUT2D eigenvalue weighted by Gasteiger charge is 2.08. The molecule has 0 fully saturated rings. The Labute approximate surface area is 136 Å². The molecule has 18 nitrogen and oxygen atoms in total. The monoisotopic (exact) mass is 346 g/mol. The Morgan fingerprint density at radius 1 is 0.920 bits per heavy atom. The average molecular weight is 346 g/mol. The highest BCUT2D eigenvalue weighted by atomic mass is 15.5. The van der Waals surface area contributed by atoms with E-state index in [1.165, 1.54) is 0 Å². The van der Waals surface area contributed by atoms with Crippen molar-refractivity contribution < 1.29 is 0 Å². The van der Waals surface area contributed by atoms with E-state index in [1.54, 1.807) is 0 Å². The van der Waals surface area contributed by atoms with E-state index in [0.29, 0.717) is 0 Å². The van der Waals surface area contributed by atoms with Crippen LogP contribution in [0.5, 0.6) is 0 Å². The Bertz CT molecular complexity index is 871. The molecule has 3 aromatic rings. The maximum Gasteiger partial charge on any atom is 0.269 e. The number of guanidine groups is 1. The summed E-state index contributed by atoms with van der Waals surface area (Å²) in [4.78, 5) is 7.81. The van der Waals surface area contributed by atoms with Gasteiger partial charge in [0.2, 0.25) is 11.9 Å². The first-order valence-electron chi connectivity index (χ1n) is 6.31. The Morgan fingerprint density at radius 3 is 2.08 bits per heavy atom. The van der Waals surface area contributed by atoms with Gasteiger partial charge in [0.1, 0.15) is 0 Å². The maximum absolute atomic E-state index is 6.92. The summed E-state index contributed by atoms with van der Waals surface area (Å²) in [7, 11) is 0. The third-order valence-corrected chi connectivity index (χ3v) is 2.27. The van der Waals surface area contributed by atoms with E-state index in [4.69, 9.17) is 17.0 Å². The van der Waals surface area contributed by atoms with Crippen molar-refractivity contribution in [3.63, 3.8) is 0 Å². The molecule has 25 heavy (non-hydrogen) atoms. The van der Waals surface area contributed by atoms with Crippen LogP contribution in [0.15, 0.2) is 10.2 Å². The fourth-order valence-corrected chi connectivity index (χ4v) is 1.37. The molecule has 0 aliphatic heterocycles. The number of rotatable bonds is 6. The number of aromatic amines is 2. The molecule has 0 radical (unpaired) electrons. The lowest BCUT2D eigenvalue weighted by Crippen LogP contribution is -2.08. The molecule has 3 heterocycles. The Balaban J connectivity index is 1.61. The van der Waals surface area contributed by atoms with E-state index in [1.807, 2.05) is 0 Å². The zero-order valence-corrected chi connectivity index (χ0v) is 12.1. The van der Waals surface area contributed by atoms with Crippen LogP contribution in [-0.4, -0.2) is 56.7 Å². The first kappa shape index (κ1) is 15.5. The summed E-state index contributed by atoms with van der Waals surface area (Å²) in [5.41, 5.74) is 7.32. The molecule has 18 heteroatoms. The Kier molecular flexibility index (Phi) is 4.24. The summed E-state index contributed by atoms with van der Waals surface area (Å²) in [5, 5.41) is 46.7. The number of azo groups is 1. The highest BCUT2D eigenvalue weighted by Crippen LogP contribution is 2.11. The third kappa shape index (κ3) is 4.10. The molecule has 0 saturated heterocycles. The minimum Gasteiger partial charge on any atom is -0.367 e. The summed E-state index contributed by atoms with van der Waals surface area (Å²) in [6, 6.07) is 0. The highest BCUT2D eigenvalue weighted by molar-refractivity contribution is 5.74. The van der Waals surface area contributed by atoms with Crippen LogP contribution in [0.2, 0.25) is 0 Å². The van der Waals surface area contributed by atoms with Crippen LogP contribution in [0.1, 0.15) is 0 Å². The molecule has 0 aliphatic rings. The number of nitrogens with two attached hydrogens (primary N) is 2. The van der Waals surface area contributed by atoms with Gasteiger partial charge in [0, 0.05) is 0 Å². The van der Waals surface area contributed by atoms with Crippen molar-refractivity contribution in [2.75, 3.05) is 16.1 Å². The molecule has 3 aromatic heterocycles. The predicted molar refractivity (Wildman–Crippen MR) is 81.2 cm³/mol. The van der Waals surface area contributed by atoms with Crippen LogP contribution >= 0.6 is 0 Å². The molecule has 0 aromatic carbocycles. The van der Waals surface area contributed by atoms with E-state index < -0.39 is 5.96 Å². The predicted octanol–water partition coefficient (Wildman–Crippen LogP) is -1.75. The maximum atomic E-state index is 6.92. The van der Waals surface area contributed by atoms with Gasteiger partial charge in [0.25, 0.3) is 29.7 Å².